The fraction of sp³-hybridized carbons (Fsp3) is 0.250. The molecule has 3 nitrogen and oxygen atoms in total. The molecule has 0 atom stereocenters. The first-order valence-corrected chi connectivity index (χ1v) is 7.04. The lowest BCUT2D eigenvalue weighted by Crippen LogP contribution is -1.93. The number of benzene rings is 1. The molecule has 0 unspecified atom stereocenters. The molecule has 18 heavy (non-hydrogen) atoms. The second-order valence-electron chi connectivity index (χ2n) is 3.82. The van der Waals surface area contributed by atoms with Crippen LogP contribution in [0, 0.1) is 0 Å². The molecule has 1 heterocycles. The van der Waals surface area contributed by atoms with Crippen molar-refractivity contribution in [1.29, 1.82) is 0 Å². The lowest BCUT2D eigenvalue weighted by Gasteiger charge is -2.04. The Balaban J connectivity index is 2.33. The molecule has 2 aromatic rings. The van der Waals surface area contributed by atoms with Gasteiger partial charge in [0.15, 0.2) is 0 Å². The molecule has 2 rings (SSSR count). The zero-order chi connectivity index (χ0) is 13.3. The van der Waals surface area contributed by atoms with Crippen molar-refractivity contribution in [3.8, 4) is 0 Å². The molecule has 0 fully saturated rings. The van der Waals surface area contributed by atoms with Crippen molar-refractivity contribution in [2.24, 2.45) is 7.05 Å². The summed E-state index contributed by atoms with van der Waals surface area (Å²) in [6.45, 7) is 2.03. The summed E-state index contributed by atoms with van der Waals surface area (Å²) in [5.74, 6) is 0. The van der Waals surface area contributed by atoms with Crippen LogP contribution in [-0.2, 0) is 13.5 Å². The van der Waals surface area contributed by atoms with E-state index in [0.29, 0.717) is 10.0 Å². The summed E-state index contributed by atoms with van der Waals surface area (Å²) in [7, 11) is 1.88. The van der Waals surface area contributed by atoms with E-state index in [4.69, 9.17) is 28.9 Å². The highest BCUT2D eigenvalue weighted by Crippen LogP contribution is 2.36. The first-order chi connectivity index (χ1) is 8.52. The molecule has 0 bridgehead atoms. The molecule has 0 radical (unpaired) electrons. The summed E-state index contributed by atoms with van der Waals surface area (Å²) in [6.07, 6.45) is 0.821. The highest BCUT2D eigenvalue weighted by atomic mass is 35.5. The Kier molecular flexibility index (Phi) is 4.10. The zero-order valence-electron chi connectivity index (χ0n) is 10.1. The summed E-state index contributed by atoms with van der Waals surface area (Å²) < 4.78 is 1.79. The van der Waals surface area contributed by atoms with Crippen molar-refractivity contribution < 1.29 is 0 Å². The maximum absolute atomic E-state index is 6.07. The lowest BCUT2D eigenvalue weighted by molar-refractivity contribution is 0.687. The number of aromatic nitrogens is 2. The number of aryl methyl sites for hydroxylation is 2. The number of rotatable bonds is 3. The van der Waals surface area contributed by atoms with Crippen LogP contribution in [-0.4, -0.2) is 9.78 Å². The molecule has 0 aliphatic rings. The van der Waals surface area contributed by atoms with Gasteiger partial charge in [-0.3, -0.25) is 4.68 Å². The molecule has 0 amide bonds. The van der Waals surface area contributed by atoms with E-state index < -0.39 is 0 Å². The normalized spacial score (nSPS) is 10.9. The van der Waals surface area contributed by atoms with Gasteiger partial charge in [0.2, 0.25) is 0 Å². The van der Waals surface area contributed by atoms with Crippen LogP contribution in [0.1, 0.15) is 12.6 Å². The largest absolute Gasteiger partial charge is 0.395 e. The predicted octanol–water partition coefficient (Wildman–Crippen LogP) is 4.02. The number of nitrogen functional groups attached to an aromatic ring is 1. The molecule has 6 heteroatoms. The van der Waals surface area contributed by atoms with Gasteiger partial charge >= 0.3 is 0 Å². The smallest absolute Gasteiger partial charge is 0.122 e. The van der Waals surface area contributed by atoms with Crippen molar-refractivity contribution in [3.63, 3.8) is 0 Å². The summed E-state index contributed by atoms with van der Waals surface area (Å²) >= 11 is 13.4. The van der Waals surface area contributed by atoms with Gasteiger partial charge in [-0.1, -0.05) is 41.9 Å². The van der Waals surface area contributed by atoms with Crippen molar-refractivity contribution in [2.75, 3.05) is 5.73 Å². The maximum Gasteiger partial charge on any atom is 0.122 e. The van der Waals surface area contributed by atoms with Gasteiger partial charge in [0, 0.05) is 11.9 Å². The number of nitrogens with zero attached hydrogens (tertiary/aromatic N) is 2. The van der Waals surface area contributed by atoms with Crippen molar-refractivity contribution >= 4 is 40.7 Å². The summed E-state index contributed by atoms with van der Waals surface area (Å²) in [5, 5.41) is 6.39. The Bertz CT molecular complexity index is 581. The number of anilines is 1. The van der Waals surface area contributed by atoms with Crippen LogP contribution in [0.3, 0.4) is 0 Å². The van der Waals surface area contributed by atoms with Gasteiger partial charge in [-0.2, -0.15) is 5.10 Å². The minimum atomic E-state index is 0.540. The third-order valence-electron chi connectivity index (χ3n) is 2.55. The SMILES string of the molecule is CCc1nn(C)c(Sc2ccc(Cl)c(Cl)c2)c1N. The second kappa shape index (κ2) is 5.43. The van der Waals surface area contributed by atoms with Gasteiger partial charge in [-0.05, 0) is 24.6 Å². The average molecular weight is 302 g/mol. The van der Waals surface area contributed by atoms with E-state index >= 15 is 0 Å². The third-order valence-corrected chi connectivity index (χ3v) is 4.45. The molecule has 0 saturated heterocycles. The average Bonchev–Trinajstić information content (AvgIpc) is 2.61. The molecule has 0 saturated carbocycles. The van der Waals surface area contributed by atoms with Crippen LogP contribution in [0.15, 0.2) is 28.1 Å². The molecule has 1 aromatic heterocycles. The predicted molar refractivity (Wildman–Crippen MR) is 77.6 cm³/mol. The minimum absolute atomic E-state index is 0.540. The Labute approximate surface area is 120 Å². The van der Waals surface area contributed by atoms with Crippen molar-refractivity contribution in [3.05, 3.63) is 33.9 Å². The van der Waals surface area contributed by atoms with Gasteiger partial charge in [0.05, 0.1) is 21.4 Å². The fourth-order valence-corrected chi connectivity index (χ4v) is 2.91. The Morgan fingerprint density at radius 1 is 1.33 bits per heavy atom. The molecule has 0 aliphatic carbocycles. The topological polar surface area (TPSA) is 43.8 Å². The Morgan fingerprint density at radius 3 is 2.61 bits per heavy atom. The molecule has 96 valence electrons. The molecule has 2 N–H and O–H groups in total. The van der Waals surface area contributed by atoms with Gasteiger partial charge in [0.1, 0.15) is 5.03 Å². The van der Waals surface area contributed by atoms with Gasteiger partial charge < -0.3 is 5.73 Å². The third kappa shape index (κ3) is 2.60. The van der Waals surface area contributed by atoms with E-state index in [1.54, 1.807) is 10.7 Å². The number of nitrogens with two attached hydrogens (primary N) is 1. The van der Waals surface area contributed by atoms with E-state index in [1.165, 1.54) is 11.8 Å². The Morgan fingerprint density at radius 2 is 2.06 bits per heavy atom. The van der Waals surface area contributed by atoms with Crippen molar-refractivity contribution in [1.82, 2.24) is 9.78 Å². The highest BCUT2D eigenvalue weighted by molar-refractivity contribution is 7.99. The lowest BCUT2D eigenvalue weighted by atomic mass is 10.3. The monoisotopic (exact) mass is 301 g/mol. The molecular weight excluding hydrogens is 289 g/mol. The maximum atomic E-state index is 6.07. The first-order valence-electron chi connectivity index (χ1n) is 5.47. The zero-order valence-corrected chi connectivity index (χ0v) is 12.4. The fourth-order valence-electron chi connectivity index (χ4n) is 1.61. The highest BCUT2D eigenvalue weighted by Gasteiger charge is 2.13. The Hall–Kier alpha value is -0.840. The summed E-state index contributed by atoms with van der Waals surface area (Å²) in [4.78, 5) is 0.988. The van der Waals surface area contributed by atoms with E-state index in [-0.39, 0.29) is 0 Å². The first kappa shape index (κ1) is 13.6. The molecular formula is C12H13Cl2N3S. The number of hydrogen-bond acceptors (Lipinski definition) is 3. The van der Waals surface area contributed by atoms with E-state index in [2.05, 4.69) is 5.10 Å². The van der Waals surface area contributed by atoms with Gasteiger partial charge in [-0.15, -0.1) is 0 Å². The summed E-state index contributed by atoms with van der Waals surface area (Å²) in [6, 6.07) is 5.52. The number of halogens is 2. The standard InChI is InChI=1S/C12H13Cl2N3S/c1-3-10-11(15)12(17(2)16-10)18-7-4-5-8(13)9(14)6-7/h4-6H,3,15H2,1-2H3. The molecule has 0 spiro atoms. The van der Waals surface area contributed by atoms with Gasteiger partial charge in [0.25, 0.3) is 0 Å². The second-order valence-corrected chi connectivity index (χ2v) is 5.70. The van der Waals surface area contributed by atoms with Crippen LogP contribution in [0.2, 0.25) is 10.0 Å². The van der Waals surface area contributed by atoms with Crippen LogP contribution in [0.25, 0.3) is 0 Å². The van der Waals surface area contributed by atoms with Crippen LogP contribution < -0.4 is 5.73 Å². The quantitative estimate of drug-likeness (QED) is 0.931. The summed E-state index contributed by atoms with van der Waals surface area (Å²) in [5.41, 5.74) is 7.72. The van der Waals surface area contributed by atoms with Gasteiger partial charge in [-0.25, -0.2) is 0 Å². The van der Waals surface area contributed by atoms with E-state index in [9.17, 15) is 0 Å². The van der Waals surface area contributed by atoms with E-state index in [0.717, 1.165) is 27.7 Å². The minimum Gasteiger partial charge on any atom is -0.395 e. The van der Waals surface area contributed by atoms with Crippen LogP contribution in [0.5, 0.6) is 0 Å². The van der Waals surface area contributed by atoms with Crippen LogP contribution in [0.4, 0.5) is 5.69 Å². The number of hydrogen-bond donors (Lipinski definition) is 1. The molecule has 0 aliphatic heterocycles. The van der Waals surface area contributed by atoms with Crippen LogP contribution >= 0.6 is 35.0 Å². The van der Waals surface area contributed by atoms with Crippen molar-refractivity contribution in [2.45, 2.75) is 23.3 Å². The molecule has 1 aromatic carbocycles. The van der Waals surface area contributed by atoms with E-state index in [1.807, 2.05) is 26.1 Å².